The van der Waals surface area contributed by atoms with Crippen LogP contribution in [0.25, 0.3) is 0 Å². The normalized spacial score (nSPS) is 11.1. The molecule has 0 fully saturated rings. The largest absolute Gasteiger partial charge is 0.481 e. The minimum absolute atomic E-state index is 0.0152. The molecule has 138 valence electrons. The quantitative estimate of drug-likeness (QED) is 0.483. The highest BCUT2D eigenvalue weighted by Crippen LogP contribution is 2.43. The Morgan fingerprint density at radius 3 is 1.56 bits per heavy atom. The fraction of sp³-hybridized carbons (Fsp3) is 0.130. The summed E-state index contributed by atoms with van der Waals surface area (Å²) in [5.41, 5.74) is 0. The van der Waals surface area contributed by atoms with Gasteiger partial charge in [0.1, 0.15) is 0 Å². The average Bonchev–Trinajstić information content (AvgIpc) is 2.73. The lowest BCUT2D eigenvalue weighted by atomic mass is 10.4. The highest BCUT2D eigenvalue weighted by Gasteiger charge is 2.24. The van der Waals surface area contributed by atoms with Crippen molar-refractivity contribution in [1.82, 2.24) is 0 Å². The summed E-state index contributed by atoms with van der Waals surface area (Å²) in [4.78, 5) is 10.7. The van der Waals surface area contributed by atoms with E-state index in [1.54, 1.807) is 0 Å². The SMILES string of the molecule is O=C(O)CCOCC=P(c1ccccc1)(c1ccccc1)c1ccccc1. The van der Waals surface area contributed by atoms with Crippen LogP contribution in [0.5, 0.6) is 0 Å². The number of hydrogen-bond donors (Lipinski definition) is 1. The zero-order chi connectivity index (χ0) is 19.0. The van der Waals surface area contributed by atoms with Gasteiger partial charge < -0.3 is 9.84 Å². The van der Waals surface area contributed by atoms with Crippen LogP contribution in [0.2, 0.25) is 0 Å². The molecule has 0 amide bonds. The average molecular weight is 378 g/mol. The third kappa shape index (κ3) is 4.57. The Balaban J connectivity index is 2.13. The van der Waals surface area contributed by atoms with Crippen molar-refractivity contribution in [2.24, 2.45) is 0 Å². The van der Waals surface area contributed by atoms with Crippen LogP contribution in [0.15, 0.2) is 91.0 Å². The van der Waals surface area contributed by atoms with E-state index in [0.29, 0.717) is 6.61 Å². The lowest BCUT2D eigenvalue weighted by Crippen LogP contribution is -2.27. The van der Waals surface area contributed by atoms with Crippen LogP contribution < -0.4 is 15.9 Å². The predicted octanol–water partition coefficient (Wildman–Crippen LogP) is 3.27. The maximum Gasteiger partial charge on any atom is 0.305 e. The van der Waals surface area contributed by atoms with Crippen molar-refractivity contribution in [1.29, 1.82) is 0 Å². The summed E-state index contributed by atoms with van der Waals surface area (Å²) in [6, 6.07) is 31.5. The van der Waals surface area contributed by atoms with E-state index < -0.39 is 12.9 Å². The predicted molar refractivity (Wildman–Crippen MR) is 114 cm³/mol. The number of aliphatic carboxylic acids is 1. The molecule has 0 heterocycles. The van der Waals surface area contributed by atoms with Gasteiger partial charge in [0.05, 0.1) is 19.6 Å². The van der Waals surface area contributed by atoms with Gasteiger partial charge in [-0.15, -0.1) is 0 Å². The Labute approximate surface area is 160 Å². The maximum atomic E-state index is 10.7. The van der Waals surface area contributed by atoms with Crippen LogP contribution in [0, 0.1) is 0 Å². The molecule has 4 heteroatoms. The molecule has 0 aliphatic carbocycles. The van der Waals surface area contributed by atoms with Gasteiger partial charge in [0.15, 0.2) is 0 Å². The lowest BCUT2D eigenvalue weighted by molar-refractivity contribution is -0.138. The Morgan fingerprint density at radius 2 is 1.19 bits per heavy atom. The Morgan fingerprint density at radius 1 is 0.778 bits per heavy atom. The molecule has 0 aliphatic rings. The van der Waals surface area contributed by atoms with Crippen molar-refractivity contribution in [2.75, 3.05) is 13.2 Å². The van der Waals surface area contributed by atoms with E-state index in [0.717, 1.165) is 0 Å². The topological polar surface area (TPSA) is 46.5 Å². The number of carboxylic acids is 1. The number of carboxylic acid groups (broad SMARTS) is 1. The summed E-state index contributed by atoms with van der Waals surface area (Å²) in [5.74, 6) is 1.40. The van der Waals surface area contributed by atoms with Crippen molar-refractivity contribution < 1.29 is 14.6 Å². The monoisotopic (exact) mass is 378 g/mol. The molecule has 0 saturated carbocycles. The van der Waals surface area contributed by atoms with Crippen LogP contribution in [0.4, 0.5) is 0 Å². The van der Waals surface area contributed by atoms with E-state index in [4.69, 9.17) is 9.84 Å². The van der Waals surface area contributed by atoms with Crippen LogP contribution in [-0.2, 0) is 9.53 Å². The van der Waals surface area contributed by atoms with E-state index in [-0.39, 0.29) is 13.0 Å². The van der Waals surface area contributed by atoms with Gasteiger partial charge in [0, 0.05) is 0 Å². The molecule has 27 heavy (non-hydrogen) atoms. The first-order valence-electron chi connectivity index (χ1n) is 8.93. The molecular formula is C23H23O3P. The Hall–Kier alpha value is -2.61. The molecule has 0 radical (unpaired) electrons. The molecule has 0 atom stereocenters. The number of rotatable bonds is 8. The molecule has 3 aromatic carbocycles. The maximum absolute atomic E-state index is 10.7. The molecule has 0 aliphatic heterocycles. The van der Waals surface area contributed by atoms with Gasteiger partial charge in [-0.1, -0.05) is 91.0 Å². The molecule has 3 rings (SSSR count). The van der Waals surface area contributed by atoms with Crippen molar-refractivity contribution >= 4 is 34.6 Å². The van der Waals surface area contributed by atoms with Crippen molar-refractivity contribution in [3.63, 3.8) is 0 Å². The first-order valence-corrected chi connectivity index (χ1v) is 10.8. The third-order valence-electron chi connectivity index (χ3n) is 4.42. The first-order chi connectivity index (χ1) is 13.2. The smallest absolute Gasteiger partial charge is 0.305 e. The molecular weight excluding hydrogens is 355 g/mol. The van der Waals surface area contributed by atoms with Crippen LogP contribution in [-0.4, -0.2) is 30.1 Å². The minimum atomic E-state index is -2.01. The summed E-state index contributed by atoms with van der Waals surface area (Å²) >= 11 is 0. The van der Waals surface area contributed by atoms with E-state index >= 15 is 0 Å². The van der Waals surface area contributed by atoms with E-state index in [1.165, 1.54) is 15.9 Å². The van der Waals surface area contributed by atoms with E-state index in [2.05, 4.69) is 78.6 Å². The summed E-state index contributed by atoms with van der Waals surface area (Å²) in [7, 11) is 0. The molecule has 1 N–H and O–H groups in total. The van der Waals surface area contributed by atoms with Gasteiger partial charge in [-0.05, 0) is 28.6 Å². The van der Waals surface area contributed by atoms with Crippen LogP contribution in [0.3, 0.4) is 0 Å². The molecule has 3 aromatic rings. The summed E-state index contributed by atoms with van der Waals surface area (Å²) < 4.78 is 5.66. The fourth-order valence-corrected chi connectivity index (χ4v) is 6.94. The number of hydrogen-bond acceptors (Lipinski definition) is 2. The van der Waals surface area contributed by atoms with Crippen LogP contribution in [0.1, 0.15) is 6.42 Å². The number of ether oxygens (including phenoxy) is 1. The van der Waals surface area contributed by atoms with Crippen molar-refractivity contribution in [2.45, 2.75) is 6.42 Å². The standard InChI is InChI=1S/C23H23O3P/c24-23(25)16-17-26-18-19-27(20-10-4-1-5-11-20,21-12-6-2-7-13-21)22-14-8-3-9-15-22/h1-15,19H,16-18H2,(H,24,25). The molecule has 0 spiro atoms. The zero-order valence-electron chi connectivity index (χ0n) is 15.1. The second-order valence-corrected chi connectivity index (χ2v) is 9.49. The number of carbonyl (C=O) groups is 1. The van der Waals surface area contributed by atoms with Gasteiger partial charge in [-0.3, -0.25) is 4.79 Å². The van der Waals surface area contributed by atoms with Crippen molar-refractivity contribution in [3.8, 4) is 0 Å². The van der Waals surface area contributed by atoms with Gasteiger partial charge in [0.2, 0.25) is 0 Å². The van der Waals surface area contributed by atoms with E-state index in [1.807, 2.05) is 18.2 Å². The second kappa shape index (κ2) is 9.36. The molecule has 3 nitrogen and oxygen atoms in total. The highest BCUT2D eigenvalue weighted by molar-refractivity contribution is 7.94. The van der Waals surface area contributed by atoms with Gasteiger partial charge in [0.25, 0.3) is 0 Å². The zero-order valence-corrected chi connectivity index (χ0v) is 16.0. The Bertz CT molecular complexity index is 803. The summed E-state index contributed by atoms with van der Waals surface area (Å²) in [5, 5.41) is 12.6. The molecule has 0 saturated heterocycles. The molecule has 0 aromatic heterocycles. The van der Waals surface area contributed by atoms with Crippen molar-refractivity contribution in [3.05, 3.63) is 91.0 Å². The second-order valence-electron chi connectivity index (χ2n) is 6.13. The summed E-state index contributed by atoms with van der Waals surface area (Å²) in [6.07, 6.45) is 0.0152. The highest BCUT2D eigenvalue weighted by atomic mass is 31.2. The molecule has 0 bridgehead atoms. The number of benzene rings is 3. The van der Waals surface area contributed by atoms with Gasteiger partial charge >= 0.3 is 5.97 Å². The molecule has 0 unspecified atom stereocenters. The lowest BCUT2D eigenvalue weighted by Gasteiger charge is -2.28. The van der Waals surface area contributed by atoms with E-state index in [9.17, 15) is 4.79 Å². The summed E-state index contributed by atoms with van der Waals surface area (Å²) in [6.45, 7) is -1.40. The van der Waals surface area contributed by atoms with Crippen LogP contribution >= 0.6 is 6.89 Å². The van der Waals surface area contributed by atoms with Gasteiger partial charge in [-0.2, -0.15) is 0 Å². The minimum Gasteiger partial charge on any atom is -0.481 e. The fourth-order valence-electron chi connectivity index (χ4n) is 3.16. The Kier molecular flexibility index (Phi) is 6.64. The first kappa shape index (κ1) is 19.2. The van der Waals surface area contributed by atoms with Gasteiger partial charge in [-0.25, -0.2) is 0 Å². The third-order valence-corrected chi connectivity index (χ3v) is 8.45.